The largest absolute Gasteiger partial charge is 0.694 e. The van der Waals surface area contributed by atoms with Crippen molar-refractivity contribution in [3.63, 3.8) is 0 Å². The first kappa shape index (κ1) is 23.4. The molecule has 1 atom stereocenters. The topological polar surface area (TPSA) is 112 Å². The van der Waals surface area contributed by atoms with E-state index in [1.807, 2.05) is 66.4 Å². The summed E-state index contributed by atoms with van der Waals surface area (Å²) in [6, 6.07) is 10.0. The van der Waals surface area contributed by atoms with Crippen LogP contribution >= 0.6 is 16.9 Å². The predicted octanol–water partition coefficient (Wildman–Crippen LogP) is 2.99. The van der Waals surface area contributed by atoms with Crippen LogP contribution in [0.25, 0.3) is 17.2 Å². The molecule has 8 nitrogen and oxygen atoms in total. The molecule has 0 aliphatic heterocycles. The molecule has 1 heterocycles. The van der Waals surface area contributed by atoms with Crippen LogP contribution in [0.2, 0.25) is 0 Å². The molecule has 10 heteroatoms. The molecule has 0 aliphatic carbocycles. The number of hydrogen-bond acceptors (Lipinski definition) is 6. The summed E-state index contributed by atoms with van der Waals surface area (Å²) < 4.78 is 21.8. The van der Waals surface area contributed by atoms with E-state index in [1.165, 1.54) is 0 Å². The van der Waals surface area contributed by atoms with Crippen molar-refractivity contribution < 1.29 is 32.9 Å². The molecule has 1 aromatic carbocycles. The lowest BCUT2D eigenvalue weighted by atomic mass is 10.00. The Balaban J connectivity index is 2.12. The van der Waals surface area contributed by atoms with Gasteiger partial charge in [-0.15, -0.1) is 9.42 Å². The smallest absolute Gasteiger partial charge is 0.328 e. The van der Waals surface area contributed by atoms with Gasteiger partial charge in [-0.3, -0.25) is 4.99 Å². The van der Waals surface area contributed by atoms with Crippen LogP contribution in [-0.4, -0.2) is 40.7 Å². The lowest BCUT2D eigenvalue weighted by Gasteiger charge is -2.07. The fourth-order valence-electron chi connectivity index (χ4n) is 2.56. The molecular formula is C19H24N2O6P2+2. The molecule has 1 unspecified atom stereocenters. The maximum atomic E-state index is 10.5. The Kier molecular flexibility index (Phi) is 10.2. The fourth-order valence-corrected chi connectivity index (χ4v) is 3.04. The van der Waals surface area contributed by atoms with Crippen LogP contribution in [0, 0.1) is 0 Å². The lowest BCUT2D eigenvalue weighted by Crippen LogP contribution is -2.34. The molecule has 2 aromatic rings. The fraction of sp³-hybridized carbons (Fsp3) is 0.263. The van der Waals surface area contributed by atoms with Gasteiger partial charge >= 0.3 is 16.9 Å². The zero-order chi connectivity index (χ0) is 21.1. The Labute approximate surface area is 171 Å². The van der Waals surface area contributed by atoms with Gasteiger partial charge in [-0.25, -0.2) is 4.57 Å². The van der Waals surface area contributed by atoms with E-state index in [2.05, 4.69) is 9.52 Å². The monoisotopic (exact) mass is 438 g/mol. The summed E-state index contributed by atoms with van der Waals surface area (Å²) in [7, 11) is -4.92. The van der Waals surface area contributed by atoms with E-state index in [0.29, 0.717) is 13.1 Å². The van der Waals surface area contributed by atoms with E-state index < -0.39 is 16.9 Å². The summed E-state index contributed by atoms with van der Waals surface area (Å²) in [5.41, 5.74) is 3.99. The van der Waals surface area contributed by atoms with Crippen LogP contribution in [0.1, 0.15) is 18.1 Å². The summed E-state index contributed by atoms with van der Waals surface area (Å²) in [6.07, 6.45) is 9.47. The number of hydrogen-bond donors (Lipinski definition) is 3. The van der Waals surface area contributed by atoms with Crippen LogP contribution < -0.4 is 4.57 Å². The second-order valence-electron chi connectivity index (χ2n) is 5.86. The highest BCUT2D eigenvalue weighted by atomic mass is 31.2. The summed E-state index contributed by atoms with van der Waals surface area (Å²) in [5.74, 6) is 0. The summed E-state index contributed by atoms with van der Waals surface area (Å²) in [6.45, 7) is 3.04. The number of pyridine rings is 1. The molecule has 0 saturated carbocycles. The zero-order valence-corrected chi connectivity index (χ0v) is 17.7. The SMILES string of the molecule is C/C=C\c1ccc(-c2cc[n+](CCOP(O)O)cc2)cc1C=NCCO[P+](=O)O. The average Bonchev–Trinajstić information content (AvgIpc) is 2.69. The number of benzene rings is 1. The van der Waals surface area contributed by atoms with Crippen LogP contribution in [0.5, 0.6) is 0 Å². The lowest BCUT2D eigenvalue weighted by molar-refractivity contribution is -0.697. The molecule has 29 heavy (non-hydrogen) atoms. The van der Waals surface area contributed by atoms with Crippen LogP contribution in [0.3, 0.4) is 0 Å². The summed E-state index contributed by atoms with van der Waals surface area (Å²) in [4.78, 5) is 30.4. The number of rotatable bonds is 11. The van der Waals surface area contributed by atoms with E-state index in [1.54, 1.807) is 6.21 Å². The second-order valence-corrected chi connectivity index (χ2v) is 7.36. The van der Waals surface area contributed by atoms with Crippen LogP contribution in [0.15, 0.2) is 53.8 Å². The van der Waals surface area contributed by atoms with Crippen molar-refractivity contribution >= 4 is 29.1 Å². The van der Waals surface area contributed by atoms with Gasteiger partial charge in [-0.1, -0.05) is 24.3 Å². The molecular weight excluding hydrogens is 414 g/mol. The third-order valence-corrected chi connectivity index (χ3v) is 4.68. The molecule has 0 bridgehead atoms. The second kappa shape index (κ2) is 12.6. The van der Waals surface area contributed by atoms with Gasteiger partial charge in [0.1, 0.15) is 13.2 Å². The van der Waals surface area contributed by atoms with Crippen LogP contribution in [-0.2, 0) is 20.2 Å². The van der Waals surface area contributed by atoms with Gasteiger partial charge < -0.3 is 14.3 Å². The Morgan fingerprint density at radius 2 is 1.90 bits per heavy atom. The van der Waals surface area contributed by atoms with Gasteiger partial charge in [0.25, 0.3) is 0 Å². The van der Waals surface area contributed by atoms with Crippen molar-refractivity contribution in [2.45, 2.75) is 13.5 Å². The molecule has 0 spiro atoms. The van der Waals surface area contributed by atoms with E-state index >= 15 is 0 Å². The highest BCUT2D eigenvalue weighted by molar-refractivity contribution is 7.39. The minimum Gasteiger partial charge on any atom is -0.328 e. The number of allylic oxidation sites excluding steroid dienone is 1. The maximum absolute atomic E-state index is 10.5. The molecule has 1 aromatic heterocycles. The highest BCUT2D eigenvalue weighted by Gasteiger charge is 2.10. The van der Waals surface area contributed by atoms with Crippen LogP contribution in [0.4, 0.5) is 0 Å². The third-order valence-electron chi connectivity index (χ3n) is 3.87. The van der Waals surface area contributed by atoms with Gasteiger partial charge in [0, 0.05) is 28.5 Å². The van der Waals surface area contributed by atoms with E-state index in [-0.39, 0.29) is 13.2 Å². The summed E-state index contributed by atoms with van der Waals surface area (Å²) >= 11 is 0. The zero-order valence-electron chi connectivity index (χ0n) is 16.0. The standard InChI is InChI=1S/C19H23N2O6P2/c1-2-3-16-4-5-18(14-19(16)15-20-8-12-26-28(22)23)17-6-9-21(10-7-17)11-13-27-29(24)25/h2-7,9-10,14-15,24-25H,8,11-13H2,1H3/q+1/p+1/b3-2-,20-15?. The van der Waals surface area contributed by atoms with Crippen molar-refractivity contribution in [3.05, 3.63) is 59.9 Å². The van der Waals surface area contributed by atoms with E-state index in [0.717, 1.165) is 22.3 Å². The Hall–Kier alpha value is -1.89. The minimum atomic E-state index is -2.60. The van der Waals surface area contributed by atoms with Gasteiger partial charge in [0.05, 0.1) is 6.54 Å². The van der Waals surface area contributed by atoms with Crippen molar-refractivity contribution in [2.75, 3.05) is 19.8 Å². The van der Waals surface area contributed by atoms with Crippen molar-refractivity contribution in [2.24, 2.45) is 4.99 Å². The quantitative estimate of drug-likeness (QED) is 0.215. The predicted molar refractivity (Wildman–Crippen MR) is 112 cm³/mol. The minimum absolute atomic E-state index is 0.0811. The molecule has 0 saturated heterocycles. The Bertz CT molecular complexity index is 856. The molecule has 0 amide bonds. The first-order valence-electron chi connectivity index (χ1n) is 8.85. The molecule has 0 fully saturated rings. The molecule has 0 radical (unpaired) electrons. The van der Waals surface area contributed by atoms with E-state index in [9.17, 15) is 4.57 Å². The Morgan fingerprint density at radius 1 is 1.14 bits per heavy atom. The van der Waals surface area contributed by atoms with Gasteiger partial charge in [-0.05, 0) is 29.7 Å². The maximum Gasteiger partial charge on any atom is 0.694 e. The van der Waals surface area contributed by atoms with Gasteiger partial charge in [-0.2, -0.15) is 0 Å². The van der Waals surface area contributed by atoms with Crippen molar-refractivity contribution in [1.29, 1.82) is 0 Å². The average molecular weight is 438 g/mol. The van der Waals surface area contributed by atoms with Crippen molar-refractivity contribution in [3.8, 4) is 11.1 Å². The Morgan fingerprint density at radius 3 is 2.55 bits per heavy atom. The highest BCUT2D eigenvalue weighted by Crippen LogP contribution is 2.24. The number of aliphatic imine (C=N–C) groups is 1. The third kappa shape index (κ3) is 8.56. The van der Waals surface area contributed by atoms with Gasteiger partial charge in [0.15, 0.2) is 18.9 Å². The molecule has 154 valence electrons. The molecule has 0 aliphatic rings. The number of aromatic nitrogens is 1. The van der Waals surface area contributed by atoms with E-state index in [4.69, 9.17) is 19.2 Å². The first-order chi connectivity index (χ1) is 14.0. The van der Waals surface area contributed by atoms with Gasteiger partial charge in [0.2, 0.25) is 0 Å². The van der Waals surface area contributed by atoms with Crippen molar-refractivity contribution in [1.82, 2.24) is 0 Å². The summed E-state index contributed by atoms with van der Waals surface area (Å²) in [5, 5.41) is 0. The first-order valence-corrected chi connectivity index (χ1v) is 11.1. The molecule has 3 N–H and O–H groups in total. The molecule has 2 rings (SSSR count). The number of nitrogens with zero attached hydrogens (tertiary/aromatic N) is 2. The normalized spacial score (nSPS) is 12.4.